The lowest BCUT2D eigenvalue weighted by molar-refractivity contribution is -0.164. The van der Waals surface area contributed by atoms with Crippen LogP contribution < -0.4 is 30.5 Å². The molecule has 12 heteroatoms. The van der Waals surface area contributed by atoms with Crippen LogP contribution in [0, 0.1) is 47.7 Å². The number of hydrogen-bond donors (Lipinski definition) is 3. The quantitative estimate of drug-likeness (QED) is 0.212. The Morgan fingerprint density at radius 2 is 1.47 bits per heavy atom. The van der Waals surface area contributed by atoms with Crippen molar-refractivity contribution in [2.24, 2.45) is 16.7 Å². The predicted molar refractivity (Wildman–Crippen MR) is 228 cm³/mol. The number of carbonyl (C=O) groups excluding carboxylic acids is 3. The summed E-state index contributed by atoms with van der Waals surface area (Å²) in [7, 11) is 0. The van der Waals surface area contributed by atoms with E-state index >= 15 is 0 Å². The summed E-state index contributed by atoms with van der Waals surface area (Å²) < 4.78 is 21.3. The second kappa shape index (κ2) is 16.7. The number of carbonyl (C=O) groups is 3. The Balaban J connectivity index is 0.857. The number of benzene rings is 3. The number of anilines is 2. The van der Waals surface area contributed by atoms with E-state index in [1.807, 2.05) is 38.1 Å². The number of piperidine rings is 2. The molecular weight excluding hydrogens is 746 g/mol. The van der Waals surface area contributed by atoms with Crippen LogP contribution in [0.3, 0.4) is 0 Å². The fraction of sp³-hybridized carbons (Fsp3) is 0.489. The molecule has 1 aliphatic carbocycles. The van der Waals surface area contributed by atoms with Crippen LogP contribution in [0.1, 0.15) is 90.8 Å². The first kappa shape index (κ1) is 41.7. The zero-order valence-electron chi connectivity index (χ0n) is 35.3. The zero-order chi connectivity index (χ0) is 42.2. The van der Waals surface area contributed by atoms with Gasteiger partial charge in [0.05, 0.1) is 17.2 Å². The highest BCUT2D eigenvalue weighted by Gasteiger charge is 2.64. The fourth-order valence-electron chi connectivity index (χ4n) is 10.1. The van der Waals surface area contributed by atoms with Gasteiger partial charge in [0.1, 0.15) is 23.7 Å². The maximum absolute atomic E-state index is 14.8. The predicted octanol–water partition coefficient (Wildman–Crippen LogP) is 6.49. The average Bonchev–Trinajstić information content (AvgIpc) is 3.20. The summed E-state index contributed by atoms with van der Waals surface area (Å²) in [4.78, 5) is 45.9. The molecule has 3 heterocycles. The molecule has 1 unspecified atom stereocenters. The Bertz CT molecular complexity index is 2110. The van der Waals surface area contributed by atoms with Gasteiger partial charge in [-0.25, -0.2) is 4.39 Å². The largest absolute Gasteiger partial charge is 0.489 e. The lowest BCUT2D eigenvalue weighted by Crippen LogP contribution is -2.74. The number of nitriles is 1. The van der Waals surface area contributed by atoms with Crippen LogP contribution in [0.2, 0.25) is 0 Å². The highest BCUT2D eigenvalue weighted by atomic mass is 19.1. The summed E-state index contributed by atoms with van der Waals surface area (Å²) in [5.74, 6) is -0.276. The van der Waals surface area contributed by atoms with Gasteiger partial charge in [-0.1, -0.05) is 34.3 Å². The third kappa shape index (κ3) is 8.67. The lowest BCUT2D eigenvalue weighted by atomic mass is 9.49. The van der Waals surface area contributed by atoms with E-state index in [1.165, 1.54) is 6.07 Å². The molecule has 7 rings (SSSR count). The summed E-state index contributed by atoms with van der Waals surface area (Å²) in [6.07, 6.45) is 3.05. The second-order valence-electron chi connectivity index (χ2n) is 18.2. The summed E-state index contributed by atoms with van der Waals surface area (Å²) in [5.41, 5.74) is 4.98. The standard InChI is InChI=1S/C47H58FN7O4/c1-29-24-36(25-30(2)38(29)27-49)59-45-46(4,5)44(47(45,6)7)52-41(56)33-9-11-34(12-10-33)54-18-16-32(17-19-54)28-53-20-22-55(23-21-53)35-13-14-39(48)37(26-35)42(57)51-40-15-8-31(3)50-43(40)58/h9-14,24-26,32,40,44-45H,3,8,15-23,28H2,1-2,4-7H3,(H,50,58)(H,51,57)(H,52,56). The van der Waals surface area contributed by atoms with Gasteiger partial charge >= 0.3 is 0 Å². The average molecular weight is 804 g/mol. The summed E-state index contributed by atoms with van der Waals surface area (Å²) in [6, 6.07) is 17.9. The first-order valence-electron chi connectivity index (χ1n) is 21.0. The molecule has 0 bridgehead atoms. The summed E-state index contributed by atoms with van der Waals surface area (Å²) in [5, 5.41) is 18.1. The van der Waals surface area contributed by atoms with Gasteiger partial charge in [0.15, 0.2) is 0 Å². The first-order valence-corrected chi connectivity index (χ1v) is 21.0. The van der Waals surface area contributed by atoms with Gasteiger partial charge in [-0.2, -0.15) is 5.26 Å². The molecule has 0 aromatic heterocycles. The number of aryl methyl sites for hydroxylation is 2. The molecule has 312 valence electrons. The molecule has 4 aliphatic rings. The van der Waals surface area contributed by atoms with Gasteiger partial charge in [0.25, 0.3) is 11.8 Å². The summed E-state index contributed by atoms with van der Waals surface area (Å²) >= 11 is 0. The van der Waals surface area contributed by atoms with Crippen LogP contribution in [0.25, 0.3) is 0 Å². The molecule has 4 fully saturated rings. The number of nitrogens with zero attached hydrogens (tertiary/aromatic N) is 4. The zero-order valence-corrected chi connectivity index (χ0v) is 35.3. The minimum absolute atomic E-state index is 0.0552. The normalized spacial score (nSPS) is 23.1. The number of rotatable bonds is 10. The van der Waals surface area contributed by atoms with E-state index in [-0.39, 0.29) is 40.4 Å². The molecule has 0 spiro atoms. The molecule has 0 radical (unpaired) electrons. The minimum atomic E-state index is -0.711. The van der Waals surface area contributed by atoms with Crippen molar-refractivity contribution in [1.82, 2.24) is 20.9 Å². The van der Waals surface area contributed by atoms with E-state index in [2.05, 4.69) is 83.1 Å². The number of allylic oxidation sites excluding steroid dienone is 1. The molecule has 59 heavy (non-hydrogen) atoms. The molecule has 3 aliphatic heterocycles. The van der Waals surface area contributed by atoms with Gasteiger partial charge in [0, 0.05) is 85.3 Å². The first-order chi connectivity index (χ1) is 28.0. The molecule has 3 saturated heterocycles. The molecule has 1 saturated carbocycles. The molecule has 3 amide bonds. The number of halogens is 1. The van der Waals surface area contributed by atoms with Crippen molar-refractivity contribution in [1.29, 1.82) is 5.26 Å². The molecular formula is C47H58FN7O4. The van der Waals surface area contributed by atoms with Crippen molar-refractivity contribution < 1.29 is 23.5 Å². The minimum Gasteiger partial charge on any atom is -0.489 e. The Labute approximate surface area is 348 Å². The van der Waals surface area contributed by atoms with Crippen LogP contribution in [0.5, 0.6) is 5.75 Å². The van der Waals surface area contributed by atoms with E-state index in [1.54, 1.807) is 12.1 Å². The van der Waals surface area contributed by atoms with Crippen LogP contribution in [-0.4, -0.2) is 86.6 Å². The van der Waals surface area contributed by atoms with Crippen molar-refractivity contribution in [3.63, 3.8) is 0 Å². The Morgan fingerprint density at radius 3 is 2.08 bits per heavy atom. The van der Waals surface area contributed by atoms with Gasteiger partial charge in [-0.05, 0) is 111 Å². The highest BCUT2D eigenvalue weighted by Crippen LogP contribution is 2.55. The van der Waals surface area contributed by atoms with E-state index in [0.717, 1.165) is 86.9 Å². The fourth-order valence-corrected chi connectivity index (χ4v) is 10.1. The van der Waals surface area contributed by atoms with Crippen LogP contribution in [-0.2, 0) is 4.79 Å². The van der Waals surface area contributed by atoms with E-state index in [0.29, 0.717) is 35.6 Å². The topological polar surface area (TPSA) is 130 Å². The van der Waals surface area contributed by atoms with Crippen molar-refractivity contribution in [2.75, 3.05) is 55.6 Å². The number of piperazine rings is 1. The molecule has 3 N–H and O–H groups in total. The molecule has 3 aromatic carbocycles. The van der Waals surface area contributed by atoms with E-state index in [9.17, 15) is 24.0 Å². The number of hydrogen-bond acceptors (Lipinski definition) is 8. The van der Waals surface area contributed by atoms with Crippen molar-refractivity contribution in [3.8, 4) is 11.8 Å². The monoisotopic (exact) mass is 803 g/mol. The number of ether oxygens (including phenoxy) is 1. The maximum atomic E-state index is 14.8. The molecule has 11 nitrogen and oxygen atoms in total. The van der Waals surface area contributed by atoms with Gasteiger partial charge in [-0.3, -0.25) is 19.3 Å². The number of nitrogens with one attached hydrogen (secondary N) is 3. The molecule has 1 atom stereocenters. The van der Waals surface area contributed by atoms with Crippen LogP contribution in [0.4, 0.5) is 15.8 Å². The second-order valence-corrected chi connectivity index (χ2v) is 18.2. The SMILES string of the molecule is C=C1CCC(NC(=O)c2cc(N3CCN(CC4CCN(c5ccc(C(=O)NC6C(C)(C)C(Oc7cc(C)c(C#N)c(C)c7)C6(C)C)cc5)CC4)CC3)ccc2F)C(=O)N1. The third-order valence-corrected chi connectivity index (χ3v) is 13.2. The van der Waals surface area contributed by atoms with E-state index < -0.39 is 17.8 Å². The van der Waals surface area contributed by atoms with Crippen molar-refractivity contribution in [2.45, 2.75) is 85.4 Å². The highest BCUT2D eigenvalue weighted by molar-refractivity contribution is 5.99. The smallest absolute Gasteiger partial charge is 0.254 e. The van der Waals surface area contributed by atoms with Crippen LogP contribution in [0.15, 0.2) is 66.9 Å². The Kier molecular flexibility index (Phi) is 11.8. The molecule has 3 aromatic rings. The number of amides is 3. The van der Waals surface area contributed by atoms with Crippen LogP contribution >= 0.6 is 0 Å². The van der Waals surface area contributed by atoms with Gasteiger partial charge in [0.2, 0.25) is 5.91 Å². The van der Waals surface area contributed by atoms with Crippen molar-refractivity contribution in [3.05, 3.63) is 101 Å². The summed E-state index contributed by atoms with van der Waals surface area (Å²) in [6.45, 7) is 22.4. The van der Waals surface area contributed by atoms with E-state index in [4.69, 9.17) is 4.74 Å². The van der Waals surface area contributed by atoms with Gasteiger partial charge in [-0.15, -0.1) is 0 Å². The Hall–Kier alpha value is -5.41. The maximum Gasteiger partial charge on any atom is 0.254 e. The third-order valence-electron chi connectivity index (χ3n) is 13.2. The van der Waals surface area contributed by atoms with Crippen molar-refractivity contribution >= 4 is 29.1 Å². The lowest BCUT2D eigenvalue weighted by Gasteiger charge is -2.63. The Morgan fingerprint density at radius 1 is 0.864 bits per heavy atom. The van der Waals surface area contributed by atoms with Gasteiger partial charge < -0.3 is 30.5 Å².